The lowest BCUT2D eigenvalue weighted by Gasteiger charge is -2.31. The van der Waals surface area contributed by atoms with Crippen molar-refractivity contribution in [1.29, 1.82) is 0 Å². The number of hydrogen-bond donors (Lipinski definition) is 2. The molecule has 2 amide bonds. The minimum atomic E-state index is -0.0966. The molecule has 2 heterocycles. The third kappa shape index (κ3) is 7.34. The molecule has 35 heavy (non-hydrogen) atoms. The molecule has 9 heteroatoms. The van der Waals surface area contributed by atoms with Crippen LogP contribution in [0.25, 0.3) is 0 Å². The van der Waals surface area contributed by atoms with Crippen LogP contribution < -0.4 is 15.5 Å². The Balaban J connectivity index is 1.19. The smallest absolute Gasteiger partial charge is 0.251 e. The topological polar surface area (TPSA) is 96.4 Å². The van der Waals surface area contributed by atoms with Crippen LogP contribution in [0, 0.1) is 0 Å². The van der Waals surface area contributed by atoms with Crippen LogP contribution in [0.2, 0.25) is 0 Å². The maximum absolute atomic E-state index is 12.3. The van der Waals surface area contributed by atoms with Gasteiger partial charge in [0.2, 0.25) is 16.2 Å². The molecule has 0 aliphatic carbocycles. The van der Waals surface area contributed by atoms with Crippen LogP contribution in [0.4, 0.5) is 10.3 Å². The lowest BCUT2D eigenvalue weighted by Crippen LogP contribution is -2.37. The lowest BCUT2D eigenvalue weighted by atomic mass is 10.1. The van der Waals surface area contributed by atoms with Crippen LogP contribution in [-0.4, -0.2) is 47.7 Å². The SMILES string of the molecule is CCCNC(=O)c1ccc(COC2CCN(c3nnc(NC(=O)Cc4ccccc4)s3)CC2)cc1. The van der Waals surface area contributed by atoms with Gasteiger partial charge in [-0.1, -0.05) is 60.7 Å². The van der Waals surface area contributed by atoms with Gasteiger partial charge in [-0.05, 0) is 42.5 Å². The maximum atomic E-state index is 12.3. The lowest BCUT2D eigenvalue weighted by molar-refractivity contribution is -0.115. The average molecular weight is 494 g/mol. The molecular formula is C26H31N5O3S. The second-order valence-electron chi connectivity index (χ2n) is 8.55. The number of nitrogens with one attached hydrogen (secondary N) is 2. The van der Waals surface area contributed by atoms with Crippen molar-refractivity contribution in [3.8, 4) is 0 Å². The first-order valence-electron chi connectivity index (χ1n) is 12.0. The van der Waals surface area contributed by atoms with Gasteiger partial charge in [-0.15, -0.1) is 10.2 Å². The molecule has 1 aromatic heterocycles. The molecule has 2 N–H and O–H groups in total. The summed E-state index contributed by atoms with van der Waals surface area (Å²) < 4.78 is 6.12. The number of benzene rings is 2. The molecule has 1 fully saturated rings. The molecule has 1 aliphatic rings. The van der Waals surface area contributed by atoms with Gasteiger partial charge in [0.05, 0.1) is 19.1 Å². The molecule has 1 aliphatic heterocycles. The first-order valence-corrected chi connectivity index (χ1v) is 12.8. The van der Waals surface area contributed by atoms with Gasteiger partial charge >= 0.3 is 0 Å². The highest BCUT2D eigenvalue weighted by Crippen LogP contribution is 2.27. The fourth-order valence-electron chi connectivity index (χ4n) is 3.86. The van der Waals surface area contributed by atoms with E-state index in [1.165, 1.54) is 11.3 Å². The number of nitrogens with zero attached hydrogens (tertiary/aromatic N) is 3. The van der Waals surface area contributed by atoms with Crippen LogP contribution in [0.3, 0.4) is 0 Å². The predicted molar refractivity (Wildman–Crippen MR) is 138 cm³/mol. The van der Waals surface area contributed by atoms with E-state index in [9.17, 15) is 9.59 Å². The van der Waals surface area contributed by atoms with Crippen molar-refractivity contribution in [2.45, 2.75) is 45.3 Å². The molecule has 0 bridgehead atoms. The first-order chi connectivity index (χ1) is 17.1. The molecule has 0 unspecified atom stereocenters. The van der Waals surface area contributed by atoms with E-state index in [1.54, 1.807) is 0 Å². The second-order valence-corrected chi connectivity index (χ2v) is 9.51. The number of ether oxygens (including phenoxy) is 1. The van der Waals surface area contributed by atoms with Crippen LogP contribution in [0.5, 0.6) is 0 Å². The van der Waals surface area contributed by atoms with Gasteiger partial charge in [0, 0.05) is 25.2 Å². The number of aromatic nitrogens is 2. The van der Waals surface area contributed by atoms with Crippen molar-refractivity contribution in [3.05, 3.63) is 71.3 Å². The van der Waals surface area contributed by atoms with Crippen molar-refractivity contribution in [1.82, 2.24) is 15.5 Å². The number of amides is 2. The van der Waals surface area contributed by atoms with E-state index >= 15 is 0 Å². The van der Waals surface area contributed by atoms with Gasteiger partial charge in [0.25, 0.3) is 5.91 Å². The minimum Gasteiger partial charge on any atom is -0.373 e. The van der Waals surface area contributed by atoms with E-state index in [0.717, 1.165) is 48.6 Å². The van der Waals surface area contributed by atoms with Crippen molar-refractivity contribution >= 4 is 33.4 Å². The van der Waals surface area contributed by atoms with Crippen LogP contribution in [0.1, 0.15) is 47.7 Å². The van der Waals surface area contributed by atoms with E-state index in [0.29, 0.717) is 30.3 Å². The molecule has 0 radical (unpaired) electrons. The van der Waals surface area contributed by atoms with Gasteiger partial charge < -0.3 is 20.3 Å². The van der Waals surface area contributed by atoms with Gasteiger partial charge in [-0.2, -0.15) is 0 Å². The van der Waals surface area contributed by atoms with Crippen LogP contribution >= 0.6 is 11.3 Å². The number of carbonyl (C=O) groups excluding carboxylic acids is 2. The van der Waals surface area contributed by atoms with E-state index in [2.05, 4.69) is 25.7 Å². The summed E-state index contributed by atoms with van der Waals surface area (Å²) in [5, 5.41) is 15.5. The molecule has 0 spiro atoms. The molecule has 184 valence electrons. The summed E-state index contributed by atoms with van der Waals surface area (Å²) in [5.41, 5.74) is 2.69. The predicted octanol–water partition coefficient (Wildman–Crippen LogP) is 4.04. The molecule has 3 aromatic rings. The summed E-state index contributed by atoms with van der Waals surface area (Å²) in [6, 6.07) is 17.2. The summed E-state index contributed by atoms with van der Waals surface area (Å²) in [7, 11) is 0. The molecule has 2 aromatic carbocycles. The molecule has 1 saturated heterocycles. The van der Waals surface area contributed by atoms with Gasteiger partial charge in [-0.3, -0.25) is 9.59 Å². The van der Waals surface area contributed by atoms with Crippen molar-refractivity contribution in [2.75, 3.05) is 29.9 Å². The third-order valence-corrected chi connectivity index (χ3v) is 6.72. The van der Waals surface area contributed by atoms with Crippen molar-refractivity contribution in [2.24, 2.45) is 0 Å². The van der Waals surface area contributed by atoms with Crippen molar-refractivity contribution in [3.63, 3.8) is 0 Å². The molecule has 4 rings (SSSR count). The normalized spacial score (nSPS) is 14.0. The fraction of sp³-hybridized carbons (Fsp3) is 0.385. The Morgan fingerprint density at radius 3 is 2.49 bits per heavy atom. The first kappa shape index (κ1) is 24.8. The second kappa shape index (κ2) is 12.4. The van der Waals surface area contributed by atoms with Crippen LogP contribution in [0.15, 0.2) is 54.6 Å². The Labute approximate surface area is 209 Å². The summed E-state index contributed by atoms with van der Waals surface area (Å²) in [6.07, 6.45) is 3.20. The monoisotopic (exact) mass is 493 g/mol. The number of carbonyl (C=O) groups is 2. The average Bonchev–Trinajstić information content (AvgIpc) is 3.35. The Bertz CT molecular complexity index is 1100. The quantitative estimate of drug-likeness (QED) is 0.442. The largest absolute Gasteiger partial charge is 0.373 e. The number of rotatable bonds is 10. The Hall–Kier alpha value is -3.30. The van der Waals surface area contributed by atoms with E-state index < -0.39 is 0 Å². The molecular weight excluding hydrogens is 462 g/mol. The third-order valence-electron chi connectivity index (χ3n) is 5.82. The highest BCUT2D eigenvalue weighted by atomic mass is 32.1. The Kier molecular flexibility index (Phi) is 8.80. The van der Waals surface area contributed by atoms with Crippen LogP contribution in [-0.2, 0) is 22.6 Å². The van der Waals surface area contributed by atoms with E-state index in [4.69, 9.17) is 4.74 Å². The summed E-state index contributed by atoms with van der Waals surface area (Å²) in [5.74, 6) is -0.136. The number of anilines is 2. The zero-order chi connectivity index (χ0) is 24.5. The molecule has 8 nitrogen and oxygen atoms in total. The van der Waals surface area contributed by atoms with Crippen molar-refractivity contribution < 1.29 is 14.3 Å². The minimum absolute atomic E-state index is 0.0396. The standard InChI is InChI=1S/C26H31N5O3S/c1-2-14-27-24(33)21-10-8-20(9-11-21)18-34-22-12-15-31(16-13-22)26-30-29-25(35-26)28-23(32)17-19-6-4-3-5-7-19/h3-11,22H,2,12-18H2,1H3,(H,27,33)(H,28,29,32). The maximum Gasteiger partial charge on any atom is 0.251 e. The van der Waals surface area contributed by atoms with E-state index in [1.807, 2.05) is 61.5 Å². The summed E-state index contributed by atoms with van der Waals surface area (Å²) in [6.45, 7) is 4.90. The number of hydrogen-bond acceptors (Lipinski definition) is 7. The summed E-state index contributed by atoms with van der Waals surface area (Å²) in [4.78, 5) is 26.5. The van der Waals surface area contributed by atoms with Gasteiger partial charge in [-0.25, -0.2) is 0 Å². The van der Waals surface area contributed by atoms with Gasteiger partial charge in [0.15, 0.2) is 0 Å². The Morgan fingerprint density at radius 2 is 1.77 bits per heavy atom. The zero-order valence-corrected chi connectivity index (χ0v) is 20.7. The molecule has 0 atom stereocenters. The summed E-state index contributed by atoms with van der Waals surface area (Å²) >= 11 is 1.40. The fourth-order valence-corrected chi connectivity index (χ4v) is 4.67. The van der Waals surface area contributed by atoms with Gasteiger partial charge in [0.1, 0.15) is 0 Å². The number of piperidine rings is 1. The highest BCUT2D eigenvalue weighted by Gasteiger charge is 2.23. The molecule has 0 saturated carbocycles. The highest BCUT2D eigenvalue weighted by molar-refractivity contribution is 7.19. The zero-order valence-electron chi connectivity index (χ0n) is 19.9. The Morgan fingerprint density at radius 1 is 1.03 bits per heavy atom. The van der Waals surface area contributed by atoms with E-state index in [-0.39, 0.29) is 17.9 Å².